The normalized spacial score (nSPS) is 11.5. The van der Waals surface area contributed by atoms with Crippen LogP contribution in [0.3, 0.4) is 0 Å². The van der Waals surface area contributed by atoms with Crippen LogP contribution in [0.25, 0.3) is 33.1 Å². The van der Waals surface area contributed by atoms with Crippen molar-refractivity contribution in [2.75, 3.05) is 5.73 Å². The van der Waals surface area contributed by atoms with Gasteiger partial charge in [-0.05, 0) is 25.1 Å². The third-order valence-corrected chi connectivity index (χ3v) is 4.58. The van der Waals surface area contributed by atoms with Gasteiger partial charge in [0.2, 0.25) is 0 Å². The first kappa shape index (κ1) is 12.4. The Morgan fingerprint density at radius 3 is 2.67 bits per heavy atom. The van der Waals surface area contributed by atoms with Gasteiger partial charge in [0.05, 0.1) is 5.69 Å². The van der Waals surface area contributed by atoms with Crippen molar-refractivity contribution in [2.24, 2.45) is 0 Å². The van der Waals surface area contributed by atoms with Gasteiger partial charge in [0.25, 0.3) is 0 Å². The van der Waals surface area contributed by atoms with Crippen molar-refractivity contribution >= 4 is 38.3 Å². The quantitative estimate of drug-likeness (QED) is 0.590. The first-order chi connectivity index (χ1) is 10.3. The minimum atomic E-state index is 0.612. The molecule has 0 bridgehead atoms. The predicted molar refractivity (Wildman–Crippen MR) is 90.6 cm³/mol. The van der Waals surface area contributed by atoms with Gasteiger partial charge in [-0.25, -0.2) is 4.98 Å². The van der Waals surface area contributed by atoms with Crippen molar-refractivity contribution in [3.05, 3.63) is 47.8 Å². The van der Waals surface area contributed by atoms with Crippen molar-refractivity contribution in [3.63, 3.8) is 0 Å². The molecule has 4 heteroatoms. The summed E-state index contributed by atoms with van der Waals surface area (Å²) in [5.74, 6) is 0. The average molecular weight is 293 g/mol. The number of aryl methyl sites for hydroxylation is 1. The molecule has 4 aromatic rings. The van der Waals surface area contributed by atoms with Crippen LogP contribution in [0.4, 0.5) is 5.13 Å². The van der Waals surface area contributed by atoms with Crippen molar-refractivity contribution in [2.45, 2.75) is 13.5 Å². The summed E-state index contributed by atoms with van der Waals surface area (Å²) in [4.78, 5) is 4.38. The molecule has 3 nitrogen and oxygen atoms in total. The van der Waals surface area contributed by atoms with E-state index < -0.39 is 0 Å². The maximum Gasteiger partial charge on any atom is 0.180 e. The number of thiazole rings is 1. The molecule has 0 spiro atoms. The lowest BCUT2D eigenvalue weighted by Gasteiger charge is -2.03. The number of nitrogen functional groups attached to an aromatic ring is 1. The Bertz CT molecular complexity index is 949. The first-order valence-electron chi connectivity index (χ1n) is 7.00. The number of rotatable bonds is 2. The summed E-state index contributed by atoms with van der Waals surface area (Å²) in [6.07, 6.45) is 0. The molecule has 0 radical (unpaired) electrons. The number of nitrogens with zero attached hydrogens (tertiary/aromatic N) is 2. The fourth-order valence-corrected chi connectivity index (χ4v) is 3.55. The zero-order valence-electron chi connectivity index (χ0n) is 11.7. The van der Waals surface area contributed by atoms with Crippen LogP contribution in [-0.2, 0) is 6.54 Å². The zero-order chi connectivity index (χ0) is 14.4. The van der Waals surface area contributed by atoms with Crippen LogP contribution in [0.5, 0.6) is 0 Å². The fraction of sp³-hybridized carbons (Fsp3) is 0.118. The van der Waals surface area contributed by atoms with Gasteiger partial charge in [-0.2, -0.15) is 0 Å². The molecule has 2 aromatic heterocycles. The van der Waals surface area contributed by atoms with Gasteiger partial charge >= 0.3 is 0 Å². The van der Waals surface area contributed by atoms with Crippen molar-refractivity contribution in [1.29, 1.82) is 0 Å². The van der Waals surface area contributed by atoms with E-state index in [4.69, 9.17) is 5.73 Å². The third kappa shape index (κ3) is 1.83. The van der Waals surface area contributed by atoms with E-state index in [0.717, 1.165) is 17.8 Å². The molecule has 0 aliphatic heterocycles. The molecule has 2 aromatic carbocycles. The van der Waals surface area contributed by atoms with E-state index in [1.807, 2.05) is 5.38 Å². The van der Waals surface area contributed by atoms with Crippen LogP contribution in [0, 0.1) is 0 Å². The topological polar surface area (TPSA) is 43.8 Å². The second-order valence-corrected chi connectivity index (χ2v) is 5.95. The van der Waals surface area contributed by atoms with Crippen molar-refractivity contribution in [1.82, 2.24) is 9.55 Å². The Balaban J connectivity index is 2.05. The molecule has 0 saturated carbocycles. The van der Waals surface area contributed by atoms with Gasteiger partial charge in [-0.1, -0.05) is 24.3 Å². The van der Waals surface area contributed by atoms with Crippen LogP contribution in [0.2, 0.25) is 0 Å². The van der Waals surface area contributed by atoms with Gasteiger partial charge in [-0.15, -0.1) is 11.3 Å². The van der Waals surface area contributed by atoms with E-state index in [9.17, 15) is 0 Å². The standard InChI is InChI=1S/C17H15N3S/c1-2-20-15-6-4-3-5-12(15)13-9-11(7-8-16(13)20)14-10-21-17(18)19-14/h3-10H,2H2,1H3,(H2,18,19). The molecule has 0 aliphatic rings. The highest BCUT2D eigenvalue weighted by Crippen LogP contribution is 2.33. The highest BCUT2D eigenvalue weighted by atomic mass is 32.1. The number of benzene rings is 2. The number of hydrogen-bond donors (Lipinski definition) is 1. The monoisotopic (exact) mass is 293 g/mol. The summed E-state index contributed by atoms with van der Waals surface area (Å²) < 4.78 is 2.35. The lowest BCUT2D eigenvalue weighted by molar-refractivity contribution is 0.827. The Morgan fingerprint density at radius 2 is 1.90 bits per heavy atom. The number of fused-ring (bicyclic) bond motifs is 3. The largest absolute Gasteiger partial charge is 0.375 e. The van der Waals surface area contributed by atoms with Gasteiger partial charge in [0, 0.05) is 39.3 Å². The predicted octanol–water partition coefficient (Wildman–Crippen LogP) is 4.52. The molecule has 4 rings (SSSR count). The van der Waals surface area contributed by atoms with Crippen LogP contribution < -0.4 is 5.73 Å². The van der Waals surface area contributed by atoms with Crippen LogP contribution >= 0.6 is 11.3 Å². The molecule has 0 saturated heterocycles. The van der Waals surface area contributed by atoms with Gasteiger partial charge in [0.15, 0.2) is 5.13 Å². The summed E-state index contributed by atoms with van der Waals surface area (Å²) in [6.45, 7) is 3.15. The van der Waals surface area contributed by atoms with Gasteiger partial charge in [-0.3, -0.25) is 0 Å². The van der Waals surface area contributed by atoms with E-state index >= 15 is 0 Å². The molecular formula is C17H15N3S. The Labute approximate surface area is 126 Å². The van der Waals surface area contributed by atoms with Crippen LogP contribution in [0.1, 0.15) is 6.92 Å². The summed E-state index contributed by atoms with van der Waals surface area (Å²) in [5, 5.41) is 5.19. The summed E-state index contributed by atoms with van der Waals surface area (Å²) in [6, 6.07) is 15.1. The molecule has 104 valence electrons. The van der Waals surface area contributed by atoms with Crippen molar-refractivity contribution in [3.8, 4) is 11.3 Å². The molecular weight excluding hydrogens is 278 g/mol. The Hall–Kier alpha value is -2.33. The van der Waals surface area contributed by atoms with E-state index in [0.29, 0.717) is 5.13 Å². The lowest BCUT2D eigenvalue weighted by Crippen LogP contribution is -1.92. The molecule has 0 unspecified atom stereocenters. The van der Waals surface area contributed by atoms with E-state index in [2.05, 4.69) is 58.9 Å². The molecule has 21 heavy (non-hydrogen) atoms. The highest BCUT2D eigenvalue weighted by Gasteiger charge is 2.11. The molecule has 0 atom stereocenters. The minimum absolute atomic E-state index is 0.612. The number of nitrogens with two attached hydrogens (primary N) is 1. The van der Waals surface area contributed by atoms with E-state index in [-0.39, 0.29) is 0 Å². The summed E-state index contributed by atoms with van der Waals surface area (Å²) in [5.41, 5.74) is 10.4. The number of para-hydroxylation sites is 1. The Kier molecular flexibility index (Phi) is 2.72. The van der Waals surface area contributed by atoms with Crippen molar-refractivity contribution < 1.29 is 0 Å². The van der Waals surface area contributed by atoms with E-state index in [1.165, 1.54) is 33.1 Å². The summed E-state index contributed by atoms with van der Waals surface area (Å²) in [7, 11) is 0. The number of hydrogen-bond acceptors (Lipinski definition) is 3. The van der Waals surface area contributed by atoms with Crippen LogP contribution in [-0.4, -0.2) is 9.55 Å². The smallest absolute Gasteiger partial charge is 0.180 e. The third-order valence-electron chi connectivity index (χ3n) is 3.91. The number of aromatic nitrogens is 2. The van der Waals surface area contributed by atoms with Gasteiger partial charge < -0.3 is 10.3 Å². The fourth-order valence-electron chi connectivity index (χ4n) is 2.97. The SMILES string of the molecule is CCn1c2ccccc2c2cc(-c3csc(N)n3)ccc21. The second kappa shape index (κ2) is 4.60. The molecule has 0 amide bonds. The molecule has 2 N–H and O–H groups in total. The molecule has 2 heterocycles. The Morgan fingerprint density at radius 1 is 1.10 bits per heavy atom. The van der Waals surface area contributed by atoms with Crippen LogP contribution in [0.15, 0.2) is 47.8 Å². The first-order valence-corrected chi connectivity index (χ1v) is 7.88. The lowest BCUT2D eigenvalue weighted by atomic mass is 10.1. The second-order valence-electron chi connectivity index (χ2n) is 5.06. The minimum Gasteiger partial charge on any atom is -0.375 e. The zero-order valence-corrected chi connectivity index (χ0v) is 12.5. The van der Waals surface area contributed by atoms with Gasteiger partial charge in [0.1, 0.15) is 0 Å². The average Bonchev–Trinajstić information content (AvgIpc) is 3.08. The maximum atomic E-state index is 5.75. The van der Waals surface area contributed by atoms with E-state index in [1.54, 1.807) is 0 Å². The molecule has 0 aliphatic carbocycles. The maximum absolute atomic E-state index is 5.75. The summed E-state index contributed by atoms with van der Waals surface area (Å²) >= 11 is 1.48. The number of anilines is 1. The molecule has 0 fully saturated rings. The highest BCUT2D eigenvalue weighted by molar-refractivity contribution is 7.13.